The van der Waals surface area contributed by atoms with Gasteiger partial charge in [0.15, 0.2) is 17.8 Å². The van der Waals surface area contributed by atoms with E-state index in [0.29, 0.717) is 45.8 Å². The zero-order valence-corrected chi connectivity index (χ0v) is 21.5. The van der Waals surface area contributed by atoms with Gasteiger partial charge in [0.1, 0.15) is 24.1 Å². The first kappa shape index (κ1) is 26.1. The van der Waals surface area contributed by atoms with Gasteiger partial charge in [0.25, 0.3) is 0 Å². The monoisotopic (exact) mass is 515 g/mol. The molecule has 1 aliphatic heterocycles. The van der Waals surface area contributed by atoms with Crippen molar-refractivity contribution in [2.75, 3.05) is 46.2 Å². The van der Waals surface area contributed by atoms with Crippen LogP contribution in [0.25, 0.3) is 10.9 Å². The number of ether oxygens (including phenoxy) is 2. The van der Waals surface area contributed by atoms with E-state index in [0.717, 1.165) is 38.6 Å². The fourth-order valence-corrected chi connectivity index (χ4v) is 4.69. The summed E-state index contributed by atoms with van der Waals surface area (Å²) in [5, 5.41) is 4.00. The smallest absolute Gasteiger partial charge is 0.163 e. The summed E-state index contributed by atoms with van der Waals surface area (Å²) >= 11 is 5.86. The Hall–Kier alpha value is -3.01. The van der Waals surface area contributed by atoms with Crippen LogP contribution in [-0.4, -0.2) is 73.1 Å². The molecular formula is C26H31ClFN5O3. The second-order valence-corrected chi connectivity index (χ2v) is 9.56. The van der Waals surface area contributed by atoms with Gasteiger partial charge in [-0.25, -0.2) is 14.4 Å². The van der Waals surface area contributed by atoms with Crippen LogP contribution in [0.15, 0.2) is 36.7 Å². The predicted molar refractivity (Wildman–Crippen MR) is 139 cm³/mol. The third-order valence-electron chi connectivity index (χ3n) is 6.56. The Bertz CT molecular complexity index is 1200. The third kappa shape index (κ3) is 6.03. The van der Waals surface area contributed by atoms with Gasteiger partial charge in [-0.2, -0.15) is 0 Å². The number of piperidine rings is 1. The number of rotatable bonds is 10. The average Bonchev–Trinajstić information content (AvgIpc) is 2.86. The summed E-state index contributed by atoms with van der Waals surface area (Å²) in [5.41, 5.74) is 0.907. The van der Waals surface area contributed by atoms with E-state index in [-0.39, 0.29) is 11.9 Å². The van der Waals surface area contributed by atoms with E-state index in [1.165, 1.54) is 12.4 Å². The van der Waals surface area contributed by atoms with Crippen molar-refractivity contribution in [3.8, 4) is 11.5 Å². The minimum atomic E-state index is -0.476. The Morgan fingerprint density at radius 1 is 1.22 bits per heavy atom. The lowest BCUT2D eigenvalue weighted by Gasteiger charge is -2.37. The largest absolute Gasteiger partial charge is 0.493 e. The van der Waals surface area contributed by atoms with E-state index < -0.39 is 5.82 Å². The molecule has 192 valence electrons. The van der Waals surface area contributed by atoms with Crippen LogP contribution in [0.3, 0.4) is 0 Å². The van der Waals surface area contributed by atoms with E-state index in [1.807, 2.05) is 25.1 Å². The van der Waals surface area contributed by atoms with Gasteiger partial charge in [0.2, 0.25) is 0 Å². The highest BCUT2D eigenvalue weighted by Gasteiger charge is 2.26. The molecule has 36 heavy (non-hydrogen) atoms. The van der Waals surface area contributed by atoms with E-state index >= 15 is 0 Å². The summed E-state index contributed by atoms with van der Waals surface area (Å²) in [6, 6.07) is 8.01. The Kier molecular flexibility index (Phi) is 8.56. The number of anilines is 2. The van der Waals surface area contributed by atoms with Crippen LogP contribution in [0.4, 0.5) is 15.9 Å². The van der Waals surface area contributed by atoms with Crippen molar-refractivity contribution in [2.45, 2.75) is 25.4 Å². The minimum Gasteiger partial charge on any atom is -0.493 e. The highest BCUT2D eigenvalue weighted by atomic mass is 35.5. The van der Waals surface area contributed by atoms with Crippen LogP contribution in [0.1, 0.15) is 19.3 Å². The summed E-state index contributed by atoms with van der Waals surface area (Å²) in [5.74, 6) is 1.65. The van der Waals surface area contributed by atoms with Crippen molar-refractivity contribution in [3.05, 3.63) is 47.5 Å². The molecule has 10 heteroatoms. The minimum absolute atomic E-state index is 0.165. The number of methoxy groups -OCH3 is 1. The molecule has 0 saturated carbocycles. The molecule has 1 fully saturated rings. The van der Waals surface area contributed by atoms with Gasteiger partial charge in [0.05, 0.1) is 24.9 Å². The van der Waals surface area contributed by atoms with Crippen LogP contribution >= 0.6 is 11.6 Å². The molecule has 0 aliphatic carbocycles. The van der Waals surface area contributed by atoms with Crippen molar-refractivity contribution in [2.24, 2.45) is 5.92 Å². The van der Waals surface area contributed by atoms with Crippen LogP contribution in [-0.2, 0) is 4.79 Å². The number of nitrogens with one attached hydrogen (secondary N) is 1. The average molecular weight is 516 g/mol. The van der Waals surface area contributed by atoms with Crippen LogP contribution in [0.5, 0.6) is 11.5 Å². The maximum Gasteiger partial charge on any atom is 0.163 e. The highest BCUT2D eigenvalue weighted by molar-refractivity contribution is 6.30. The number of benzene rings is 2. The second-order valence-electron chi connectivity index (χ2n) is 9.12. The highest BCUT2D eigenvalue weighted by Crippen LogP contribution is 2.35. The molecule has 1 aliphatic rings. The molecule has 0 spiro atoms. The predicted octanol–water partition coefficient (Wildman–Crippen LogP) is 4.74. The van der Waals surface area contributed by atoms with E-state index in [9.17, 15) is 9.18 Å². The number of hydrogen-bond donors (Lipinski definition) is 1. The lowest BCUT2D eigenvalue weighted by atomic mass is 9.93. The lowest BCUT2D eigenvalue weighted by molar-refractivity contribution is -0.118. The Morgan fingerprint density at radius 2 is 2.00 bits per heavy atom. The third-order valence-corrected chi connectivity index (χ3v) is 6.80. The quantitative estimate of drug-likeness (QED) is 0.388. The summed E-state index contributed by atoms with van der Waals surface area (Å²) in [6.45, 7) is 2.34. The number of hydrogen-bond acceptors (Lipinski definition) is 8. The number of carbonyl (C=O) groups excluding carboxylic acids is 1. The summed E-state index contributed by atoms with van der Waals surface area (Å²) in [6.07, 6.45) is 5.23. The first-order chi connectivity index (χ1) is 17.4. The first-order valence-corrected chi connectivity index (χ1v) is 12.3. The van der Waals surface area contributed by atoms with Crippen molar-refractivity contribution in [1.82, 2.24) is 19.8 Å². The molecule has 1 saturated heterocycles. The Balaban J connectivity index is 1.41. The molecule has 4 rings (SSSR count). The van der Waals surface area contributed by atoms with Crippen molar-refractivity contribution < 1.29 is 18.7 Å². The Morgan fingerprint density at radius 3 is 2.67 bits per heavy atom. The molecule has 0 amide bonds. The van der Waals surface area contributed by atoms with Crippen molar-refractivity contribution in [3.63, 3.8) is 0 Å². The number of aldehydes is 1. The SMILES string of the molecule is COc1cc2c(Nc3ccc(Cl)cc3F)ncnc2cc1OCCC1CCN(C(C=O)N(C)C)CC1. The molecule has 8 nitrogen and oxygen atoms in total. The zero-order valence-electron chi connectivity index (χ0n) is 20.7. The van der Waals surface area contributed by atoms with Gasteiger partial charge in [-0.3, -0.25) is 9.80 Å². The number of halogens is 2. The van der Waals surface area contributed by atoms with Crippen LogP contribution in [0, 0.1) is 11.7 Å². The molecule has 2 heterocycles. The summed E-state index contributed by atoms with van der Waals surface area (Å²) in [7, 11) is 5.43. The van der Waals surface area contributed by atoms with Gasteiger partial charge < -0.3 is 19.6 Å². The van der Waals surface area contributed by atoms with Gasteiger partial charge in [-0.1, -0.05) is 11.6 Å². The van der Waals surface area contributed by atoms with Gasteiger partial charge in [-0.15, -0.1) is 0 Å². The normalized spacial score (nSPS) is 15.7. The fourth-order valence-electron chi connectivity index (χ4n) is 4.53. The van der Waals surface area contributed by atoms with E-state index in [2.05, 4.69) is 20.2 Å². The topological polar surface area (TPSA) is 79.8 Å². The summed E-state index contributed by atoms with van der Waals surface area (Å²) in [4.78, 5) is 24.2. The second kappa shape index (κ2) is 11.8. The lowest BCUT2D eigenvalue weighted by Crippen LogP contribution is -2.49. The van der Waals surface area contributed by atoms with Crippen molar-refractivity contribution in [1.29, 1.82) is 0 Å². The molecule has 2 aromatic carbocycles. The zero-order chi connectivity index (χ0) is 25.7. The standard InChI is InChI=1S/C26H31ClFN5O3/c1-32(2)25(15-34)33-9-6-17(7-10-33)8-11-36-24-14-22-19(13-23(24)35-3)26(30-16-29-22)31-21-5-4-18(27)12-20(21)28/h4-5,12-17,25H,6-11H2,1-3H3,(H,29,30,31). The van der Waals surface area contributed by atoms with Crippen molar-refractivity contribution >= 4 is 40.3 Å². The first-order valence-electron chi connectivity index (χ1n) is 11.9. The Labute approximate surface area is 215 Å². The molecule has 3 aromatic rings. The summed E-state index contributed by atoms with van der Waals surface area (Å²) < 4.78 is 26.0. The fraction of sp³-hybridized carbons (Fsp3) is 0.423. The number of carbonyl (C=O) groups is 1. The van der Waals surface area contributed by atoms with Gasteiger partial charge in [-0.05, 0) is 63.5 Å². The molecule has 0 radical (unpaired) electrons. The van der Waals surface area contributed by atoms with E-state index in [4.69, 9.17) is 21.1 Å². The molecule has 1 N–H and O–H groups in total. The number of fused-ring (bicyclic) bond motifs is 1. The number of aromatic nitrogens is 2. The van der Waals surface area contributed by atoms with E-state index in [1.54, 1.807) is 25.3 Å². The van der Waals surface area contributed by atoms with Gasteiger partial charge >= 0.3 is 0 Å². The maximum atomic E-state index is 14.3. The molecule has 0 bridgehead atoms. The number of likely N-dealkylation sites (N-methyl/N-ethyl adjacent to an activating group) is 1. The van der Waals surface area contributed by atoms with Crippen LogP contribution < -0.4 is 14.8 Å². The maximum absolute atomic E-state index is 14.3. The molecule has 1 atom stereocenters. The number of nitrogens with zero attached hydrogens (tertiary/aromatic N) is 4. The van der Waals surface area contributed by atoms with Gasteiger partial charge in [0, 0.05) is 29.6 Å². The molecule has 1 aromatic heterocycles. The number of likely N-dealkylation sites (tertiary alicyclic amines) is 1. The molecule has 1 unspecified atom stereocenters. The molecular weight excluding hydrogens is 485 g/mol. The van der Waals surface area contributed by atoms with Crippen LogP contribution in [0.2, 0.25) is 5.02 Å².